The van der Waals surface area contributed by atoms with Crippen molar-refractivity contribution in [3.8, 4) is 0 Å². The molecule has 0 aromatic heterocycles. The smallest absolute Gasteiger partial charge is 0.321 e. The number of rotatable bonds is 4. The van der Waals surface area contributed by atoms with Gasteiger partial charge in [0.05, 0.1) is 0 Å². The van der Waals surface area contributed by atoms with Gasteiger partial charge in [0.1, 0.15) is 17.3 Å². The average Bonchev–Trinajstić information content (AvgIpc) is 2.30. The number of para-hydroxylation sites is 1. The number of halogens is 2. The molecule has 1 rings (SSSR count). The first kappa shape index (κ1) is 13.4. The lowest BCUT2D eigenvalue weighted by molar-refractivity contribution is 0.221. The minimum atomic E-state index is -0.776. The van der Waals surface area contributed by atoms with Crippen molar-refractivity contribution in [1.82, 2.24) is 4.90 Å². The topological polar surface area (TPSA) is 32.3 Å². The predicted octanol–water partition coefficient (Wildman–Crippen LogP) is 3.23. The van der Waals surface area contributed by atoms with Gasteiger partial charge >= 0.3 is 6.03 Å². The first-order valence-corrected chi connectivity index (χ1v) is 5.52. The van der Waals surface area contributed by atoms with Gasteiger partial charge in [-0.25, -0.2) is 13.6 Å². The Labute approximate surface area is 99.4 Å². The fourth-order valence-electron chi connectivity index (χ4n) is 1.32. The van der Waals surface area contributed by atoms with Crippen LogP contribution in [0.5, 0.6) is 0 Å². The van der Waals surface area contributed by atoms with Crippen LogP contribution in [0.4, 0.5) is 19.3 Å². The molecule has 94 valence electrons. The van der Waals surface area contributed by atoms with Crippen molar-refractivity contribution in [2.75, 3.05) is 18.9 Å². The number of carbonyl (C=O) groups is 1. The van der Waals surface area contributed by atoms with Crippen molar-refractivity contribution >= 4 is 11.7 Å². The first-order chi connectivity index (χ1) is 8.06. The van der Waals surface area contributed by atoms with Crippen molar-refractivity contribution < 1.29 is 13.6 Å². The Morgan fingerprint density at radius 3 is 2.47 bits per heavy atom. The number of hydrogen-bond donors (Lipinski definition) is 1. The summed E-state index contributed by atoms with van der Waals surface area (Å²) in [7, 11) is 1.59. The molecule has 0 radical (unpaired) electrons. The van der Waals surface area contributed by atoms with Crippen molar-refractivity contribution in [3.63, 3.8) is 0 Å². The van der Waals surface area contributed by atoms with Crippen LogP contribution in [0.1, 0.15) is 19.8 Å². The molecule has 5 heteroatoms. The van der Waals surface area contributed by atoms with E-state index in [9.17, 15) is 13.6 Å². The molecule has 0 saturated heterocycles. The van der Waals surface area contributed by atoms with Gasteiger partial charge < -0.3 is 10.2 Å². The van der Waals surface area contributed by atoms with Crippen LogP contribution in [0.3, 0.4) is 0 Å². The summed E-state index contributed by atoms with van der Waals surface area (Å²) >= 11 is 0. The second kappa shape index (κ2) is 6.18. The highest BCUT2D eigenvalue weighted by atomic mass is 19.1. The molecule has 2 amide bonds. The quantitative estimate of drug-likeness (QED) is 0.863. The van der Waals surface area contributed by atoms with Gasteiger partial charge in [-0.05, 0) is 18.6 Å². The van der Waals surface area contributed by atoms with Crippen molar-refractivity contribution in [3.05, 3.63) is 29.8 Å². The van der Waals surface area contributed by atoms with Gasteiger partial charge in [0, 0.05) is 13.6 Å². The van der Waals surface area contributed by atoms with Gasteiger partial charge in [-0.1, -0.05) is 19.4 Å². The summed E-state index contributed by atoms with van der Waals surface area (Å²) < 4.78 is 26.5. The van der Waals surface area contributed by atoms with Crippen LogP contribution < -0.4 is 5.32 Å². The Bertz CT molecular complexity index is 376. The van der Waals surface area contributed by atoms with Gasteiger partial charge in [-0.3, -0.25) is 0 Å². The Hall–Kier alpha value is -1.65. The van der Waals surface area contributed by atoms with Crippen LogP contribution in [0.25, 0.3) is 0 Å². The molecular weight excluding hydrogens is 226 g/mol. The van der Waals surface area contributed by atoms with E-state index in [2.05, 4.69) is 5.32 Å². The number of nitrogens with zero attached hydrogens (tertiary/aromatic N) is 1. The average molecular weight is 242 g/mol. The van der Waals surface area contributed by atoms with Crippen LogP contribution in [0.15, 0.2) is 18.2 Å². The maximum Gasteiger partial charge on any atom is 0.321 e. The van der Waals surface area contributed by atoms with Crippen LogP contribution >= 0.6 is 0 Å². The highest BCUT2D eigenvalue weighted by Crippen LogP contribution is 2.18. The third-order valence-electron chi connectivity index (χ3n) is 2.39. The second-order valence-electron chi connectivity index (χ2n) is 3.80. The zero-order chi connectivity index (χ0) is 12.8. The molecule has 0 unspecified atom stereocenters. The molecule has 0 saturated carbocycles. The third kappa shape index (κ3) is 3.69. The molecule has 17 heavy (non-hydrogen) atoms. The fraction of sp³-hybridized carbons (Fsp3) is 0.417. The molecule has 1 aromatic carbocycles. The molecule has 1 aromatic rings. The molecule has 0 aliphatic heterocycles. The highest BCUT2D eigenvalue weighted by Gasteiger charge is 2.14. The monoisotopic (exact) mass is 242 g/mol. The number of carbonyl (C=O) groups excluding carboxylic acids is 1. The van der Waals surface area contributed by atoms with E-state index in [4.69, 9.17) is 0 Å². The fourth-order valence-corrected chi connectivity index (χ4v) is 1.32. The van der Waals surface area contributed by atoms with E-state index in [1.54, 1.807) is 7.05 Å². The second-order valence-corrected chi connectivity index (χ2v) is 3.80. The lowest BCUT2D eigenvalue weighted by Gasteiger charge is -2.17. The van der Waals surface area contributed by atoms with Crippen molar-refractivity contribution in [1.29, 1.82) is 0 Å². The van der Waals surface area contributed by atoms with E-state index in [0.29, 0.717) is 6.54 Å². The van der Waals surface area contributed by atoms with E-state index in [1.165, 1.54) is 11.0 Å². The molecule has 0 fully saturated rings. The van der Waals surface area contributed by atoms with E-state index >= 15 is 0 Å². The number of hydrogen-bond acceptors (Lipinski definition) is 1. The summed E-state index contributed by atoms with van der Waals surface area (Å²) in [4.78, 5) is 13.0. The van der Waals surface area contributed by atoms with Gasteiger partial charge in [-0.15, -0.1) is 0 Å². The minimum Gasteiger partial charge on any atom is -0.328 e. The summed E-state index contributed by atoms with van der Waals surface area (Å²) in [6.07, 6.45) is 1.80. The minimum absolute atomic E-state index is 0.402. The summed E-state index contributed by atoms with van der Waals surface area (Å²) in [5.41, 5.74) is -0.402. The zero-order valence-electron chi connectivity index (χ0n) is 9.96. The van der Waals surface area contributed by atoms with Gasteiger partial charge in [0.2, 0.25) is 0 Å². The van der Waals surface area contributed by atoms with E-state index < -0.39 is 23.4 Å². The molecule has 0 heterocycles. The van der Waals surface area contributed by atoms with Crippen molar-refractivity contribution in [2.45, 2.75) is 19.8 Å². The van der Waals surface area contributed by atoms with Crippen LogP contribution in [0, 0.1) is 11.6 Å². The van der Waals surface area contributed by atoms with Crippen molar-refractivity contribution in [2.24, 2.45) is 0 Å². The number of unbranched alkanes of at least 4 members (excludes halogenated alkanes) is 1. The zero-order valence-corrected chi connectivity index (χ0v) is 9.96. The molecule has 0 atom stereocenters. The molecule has 0 spiro atoms. The van der Waals surface area contributed by atoms with Gasteiger partial charge in [0.15, 0.2) is 0 Å². The lowest BCUT2D eigenvalue weighted by atomic mass is 10.3. The van der Waals surface area contributed by atoms with Crippen LogP contribution in [-0.2, 0) is 0 Å². The Balaban J connectivity index is 2.68. The Morgan fingerprint density at radius 1 is 1.35 bits per heavy atom. The number of urea groups is 1. The van der Waals surface area contributed by atoms with E-state index in [-0.39, 0.29) is 0 Å². The highest BCUT2D eigenvalue weighted by molar-refractivity contribution is 5.89. The van der Waals surface area contributed by atoms with E-state index in [0.717, 1.165) is 25.0 Å². The van der Waals surface area contributed by atoms with Gasteiger partial charge in [0.25, 0.3) is 0 Å². The molecular formula is C12H16F2N2O. The molecule has 0 aliphatic carbocycles. The maximum atomic E-state index is 13.3. The normalized spacial score (nSPS) is 10.1. The third-order valence-corrected chi connectivity index (χ3v) is 2.39. The molecule has 1 N–H and O–H groups in total. The first-order valence-electron chi connectivity index (χ1n) is 5.52. The summed E-state index contributed by atoms with van der Waals surface area (Å²) in [5, 5.41) is 2.22. The standard InChI is InChI=1S/C12H16F2N2O/c1-3-4-8-16(2)12(17)15-11-9(13)6-5-7-10(11)14/h5-7H,3-4,8H2,1-2H3,(H,15,17). The predicted molar refractivity (Wildman–Crippen MR) is 62.9 cm³/mol. The maximum absolute atomic E-state index is 13.3. The summed E-state index contributed by atoms with van der Waals surface area (Å²) in [6, 6.07) is 2.94. The summed E-state index contributed by atoms with van der Waals surface area (Å²) in [6.45, 7) is 2.56. The molecule has 3 nitrogen and oxygen atoms in total. The molecule has 0 bridgehead atoms. The Kier molecular flexibility index (Phi) is 4.87. The number of amides is 2. The van der Waals surface area contributed by atoms with Crippen LogP contribution in [-0.4, -0.2) is 24.5 Å². The van der Waals surface area contributed by atoms with Crippen LogP contribution in [0.2, 0.25) is 0 Å². The summed E-state index contributed by atoms with van der Waals surface area (Å²) in [5.74, 6) is -1.55. The largest absolute Gasteiger partial charge is 0.328 e. The van der Waals surface area contributed by atoms with Gasteiger partial charge in [-0.2, -0.15) is 0 Å². The lowest BCUT2D eigenvalue weighted by Crippen LogP contribution is -2.32. The number of benzene rings is 1. The SMILES string of the molecule is CCCCN(C)C(=O)Nc1c(F)cccc1F. The number of anilines is 1. The Morgan fingerprint density at radius 2 is 1.94 bits per heavy atom. The van der Waals surface area contributed by atoms with E-state index in [1.807, 2.05) is 6.92 Å². The number of nitrogens with one attached hydrogen (secondary N) is 1. The molecule has 0 aliphatic rings.